The third-order valence-electron chi connectivity index (χ3n) is 2.69. The highest BCUT2D eigenvalue weighted by atomic mass is 35.5. The number of hydrogen-bond donors (Lipinski definition) is 0. The molecule has 1 aromatic rings. The van der Waals surface area contributed by atoms with Crippen molar-refractivity contribution in [3.05, 3.63) is 18.2 Å². The summed E-state index contributed by atoms with van der Waals surface area (Å²) >= 11 is 6.16. The molecule has 3 nitrogen and oxygen atoms in total. The SMILES string of the molecule is CCOc1cccc(N2CCCC(Cl)C2)n1. The van der Waals surface area contributed by atoms with E-state index in [1.165, 1.54) is 0 Å². The standard InChI is InChI=1S/C12H17ClN2O/c1-2-16-12-7-3-6-11(14-12)15-8-4-5-10(13)9-15/h3,6-7,10H,2,4-5,8-9H2,1H3. The number of hydrogen-bond acceptors (Lipinski definition) is 3. The Morgan fingerprint density at radius 2 is 2.44 bits per heavy atom. The zero-order chi connectivity index (χ0) is 11.4. The molecule has 1 aliphatic rings. The number of anilines is 1. The van der Waals surface area contributed by atoms with Crippen molar-refractivity contribution >= 4 is 17.4 Å². The molecule has 1 unspecified atom stereocenters. The van der Waals surface area contributed by atoms with Gasteiger partial charge >= 0.3 is 0 Å². The van der Waals surface area contributed by atoms with Gasteiger partial charge in [-0.05, 0) is 25.8 Å². The number of piperidine rings is 1. The molecule has 88 valence electrons. The van der Waals surface area contributed by atoms with Crippen LogP contribution in [0.2, 0.25) is 0 Å². The molecule has 1 aliphatic heterocycles. The smallest absolute Gasteiger partial charge is 0.215 e. The summed E-state index contributed by atoms with van der Waals surface area (Å²) < 4.78 is 5.39. The number of aromatic nitrogens is 1. The second-order valence-corrected chi connectivity index (χ2v) is 4.57. The van der Waals surface area contributed by atoms with E-state index in [4.69, 9.17) is 16.3 Å². The van der Waals surface area contributed by atoms with Gasteiger partial charge in [-0.25, -0.2) is 0 Å². The number of ether oxygens (including phenoxy) is 1. The highest BCUT2D eigenvalue weighted by Crippen LogP contribution is 2.22. The number of pyridine rings is 1. The maximum atomic E-state index is 6.16. The van der Waals surface area contributed by atoms with Crippen LogP contribution in [0.1, 0.15) is 19.8 Å². The first-order valence-electron chi connectivity index (χ1n) is 5.78. The topological polar surface area (TPSA) is 25.4 Å². The van der Waals surface area contributed by atoms with Gasteiger partial charge in [0.15, 0.2) is 0 Å². The fourth-order valence-electron chi connectivity index (χ4n) is 1.94. The van der Waals surface area contributed by atoms with Crippen LogP contribution in [0.4, 0.5) is 5.82 Å². The number of halogens is 1. The Morgan fingerprint density at radius 1 is 1.56 bits per heavy atom. The molecular formula is C12H17ClN2O. The Bertz CT molecular complexity index is 346. The fourth-order valence-corrected chi connectivity index (χ4v) is 2.26. The maximum Gasteiger partial charge on any atom is 0.215 e. The zero-order valence-corrected chi connectivity index (χ0v) is 10.3. The lowest BCUT2D eigenvalue weighted by atomic mass is 10.1. The minimum absolute atomic E-state index is 0.242. The molecule has 0 spiro atoms. The molecule has 16 heavy (non-hydrogen) atoms. The largest absolute Gasteiger partial charge is 0.478 e. The van der Waals surface area contributed by atoms with Gasteiger partial charge in [0.25, 0.3) is 0 Å². The molecule has 0 bridgehead atoms. The molecular weight excluding hydrogens is 224 g/mol. The van der Waals surface area contributed by atoms with Crippen LogP contribution in [0, 0.1) is 0 Å². The zero-order valence-electron chi connectivity index (χ0n) is 9.53. The lowest BCUT2D eigenvalue weighted by Crippen LogP contribution is -2.36. The molecule has 0 radical (unpaired) electrons. The summed E-state index contributed by atoms with van der Waals surface area (Å²) in [6.45, 7) is 4.52. The van der Waals surface area contributed by atoms with E-state index in [1.54, 1.807) is 0 Å². The Kier molecular flexibility index (Phi) is 3.88. The van der Waals surface area contributed by atoms with Gasteiger partial charge in [0.1, 0.15) is 5.82 Å². The van der Waals surface area contributed by atoms with Crippen LogP contribution >= 0.6 is 11.6 Å². The first-order valence-corrected chi connectivity index (χ1v) is 6.22. The second-order valence-electron chi connectivity index (χ2n) is 3.95. The van der Waals surface area contributed by atoms with Crippen LogP contribution < -0.4 is 9.64 Å². The van der Waals surface area contributed by atoms with E-state index in [2.05, 4.69) is 9.88 Å². The van der Waals surface area contributed by atoms with E-state index in [1.807, 2.05) is 25.1 Å². The van der Waals surface area contributed by atoms with E-state index < -0.39 is 0 Å². The number of alkyl halides is 1. The molecule has 0 aliphatic carbocycles. The summed E-state index contributed by atoms with van der Waals surface area (Å²) in [5, 5.41) is 0.242. The summed E-state index contributed by atoms with van der Waals surface area (Å²) in [5.74, 6) is 1.66. The summed E-state index contributed by atoms with van der Waals surface area (Å²) in [7, 11) is 0. The van der Waals surface area contributed by atoms with Crippen LogP contribution in [0.25, 0.3) is 0 Å². The normalized spacial score (nSPS) is 20.9. The first kappa shape index (κ1) is 11.5. The third-order valence-corrected chi connectivity index (χ3v) is 3.05. The van der Waals surface area contributed by atoms with Gasteiger partial charge in [-0.3, -0.25) is 0 Å². The third kappa shape index (κ3) is 2.79. The molecule has 2 heterocycles. The van der Waals surface area contributed by atoms with Crippen LogP contribution in [-0.4, -0.2) is 30.1 Å². The van der Waals surface area contributed by atoms with Gasteiger partial charge in [-0.15, -0.1) is 11.6 Å². The molecule has 1 aromatic heterocycles. The van der Waals surface area contributed by atoms with Crippen LogP contribution in [0.15, 0.2) is 18.2 Å². The first-order chi connectivity index (χ1) is 7.79. The Labute approximate surface area is 101 Å². The van der Waals surface area contributed by atoms with Crippen LogP contribution in [-0.2, 0) is 0 Å². The van der Waals surface area contributed by atoms with Gasteiger partial charge in [0.2, 0.25) is 5.88 Å². The fraction of sp³-hybridized carbons (Fsp3) is 0.583. The van der Waals surface area contributed by atoms with Gasteiger partial charge in [0.05, 0.1) is 12.0 Å². The van der Waals surface area contributed by atoms with Gasteiger partial charge in [-0.2, -0.15) is 4.98 Å². The minimum atomic E-state index is 0.242. The molecule has 0 aromatic carbocycles. The Hall–Kier alpha value is -0.960. The molecule has 0 amide bonds. The van der Waals surface area contributed by atoms with Crippen molar-refractivity contribution in [1.82, 2.24) is 4.98 Å². The molecule has 0 saturated carbocycles. The number of rotatable bonds is 3. The summed E-state index contributed by atoms with van der Waals surface area (Å²) in [6, 6.07) is 5.87. The molecule has 1 atom stereocenters. The van der Waals surface area contributed by atoms with Crippen molar-refractivity contribution in [2.45, 2.75) is 25.1 Å². The Balaban J connectivity index is 2.09. The molecule has 4 heteroatoms. The van der Waals surface area contributed by atoms with E-state index in [0.717, 1.165) is 31.7 Å². The summed E-state index contributed by atoms with van der Waals surface area (Å²) in [5.41, 5.74) is 0. The van der Waals surface area contributed by atoms with Gasteiger partial charge in [-0.1, -0.05) is 6.07 Å². The van der Waals surface area contributed by atoms with Crippen LogP contribution in [0.3, 0.4) is 0 Å². The average Bonchev–Trinajstić information content (AvgIpc) is 2.30. The second kappa shape index (κ2) is 5.39. The highest BCUT2D eigenvalue weighted by Gasteiger charge is 2.19. The van der Waals surface area contributed by atoms with Crippen molar-refractivity contribution in [3.8, 4) is 5.88 Å². The lowest BCUT2D eigenvalue weighted by Gasteiger charge is -2.30. The Morgan fingerprint density at radius 3 is 3.19 bits per heavy atom. The van der Waals surface area contributed by atoms with Crippen LogP contribution in [0.5, 0.6) is 5.88 Å². The van der Waals surface area contributed by atoms with Crippen molar-refractivity contribution in [3.63, 3.8) is 0 Å². The van der Waals surface area contributed by atoms with Crippen molar-refractivity contribution < 1.29 is 4.74 Å². The predicted molar refractivity (Wildman–Crippen MR) is 66.5 cm³/mol. The summed E-state index contributed by atoms with van der Waals surface area (Å²) in [6.07, 6.45) is 2.23. The lowest BCUT2D eigenvalue weighted by molar-refractivity contribution is 0.327. The van der Waals surface area contributed by atoms with Crippen molar-refractivity contribution in [2.75, 3.05) is 24.6 Å². The van der Waals surface area contributed by atoms with Crippen molar-refractivity contribution in [1.29, 1.82) is 0 Å². The van der Waals surface area contributed by atoms with Gasteiger partial charge < -0.3 is 9.64 Å². The van der Waals surface area contributed by atoms with E-state index in [0.29, 0.717) is 12.5 Å². The van der Waals surface area contributed by atoms with E-state index in [-0.39, 0.29) is 5.38 Å². The predicted octanol–water partition coefficient (Wildman–Crippen LogP) is 2.69. The minimum Gasteiger partial charge on any atom is -0.478 e. The molecule has 1 fully saturated rings. The molecule has 0 N–H and O–H groups in total. The molecule has 1 saturated heterocycles. The number of nitrogens with zero attached hydrogens (tertiary/aromatic N) is 2. The average molecular weight is 241 g/mol. The molecule has 2 rings (SSSR count). The quantitative estimate of drug-likeness (QED) is 0.760. The van der Waals surface area contributed by atoms with Gasteiger partial charge in [0, 0.05) is 19.2 Å². The van der Waals surface area contributed by atoms with E-state index >= 15 is 0 Å². The maximum absolute atomic E-state index is 6.16. The highest BCUT2D eigenvalue weighted by molar-refractivity contribution is 6.21. The van der Waals surface area contributed by atoms with E-state index in [9.17, 15) is 0 Å². The van der Waals surface area contributed by atoms with Crippen molar-refractivity contribution in [2.24, 2.45) is 0 Å². The monoisotopic (exact) mass is 240 g/mol. The summed E-state index contributed by atoms with van der Waals surface area (Å²) in [4.78, 5) is 6.69.